The van der Waals surface area contributed by atoms with Gasteiger partial charge in [0, 0.05) is 6.54 Å². The number of rotatable bonds is 5. The van der Waals surface area contributed by atoms with Gasteiger partial charge in [-0.15, -0.1) is 5.56 Å². The van der Waals surface area contributed by atoms with Crippen molar-refractivity contribution in [2.24, 2.45) is 0 Å². The SMILES string of the molecule is CCN(CC)Cc1[c-]c(C)cc(C(C)C)c1.[Br-].[Mg+2]. The van der Waals surface area contributed by atoms with Crippen LogP contribution in [0.4, 0.5) is 0 Å². The molecule has 0 atom stereocenters. The summed E-state index contributed by atoms with van der Waals surface area (Å²) in [4.78, 5) is 2.43. The van der Waals surface area contributed by atoms with Crippen LogP contribution in [0.2, 0.25) is 0 Å². The van der Waals surface area contributed by atoms with Crippen molar-refractivity contribution in [2.45, 2.75) is 47.1 Å². The molecule has 1 rings (SSSR count). The van der Waals surface area contributed by atoms with Crippen LogP contribution in [0.1, 0.15) is 50.3 Å². The molecule has 1 aromatic carbocycles. The van der Waals surface area contributed by atoms with Crippen molar-refractivity contribution >= 4 is 23.1 Å². The van der Waals surface area contributed by atoms with Gasteiger partial charge in [-0.2, -0.15) is 29.3 Å². The molecule has 1 aromatic rings. The third-order valence-electron chi connectivity index (χ3n) is 3.04. The zero-order valence-electron chi connectivity index (χ0n) is 12.4. The van der Waals surface area contributed by atoms with E-state index in [-0.39, 0.29) is 40.0 Å². The van der Waals surface area contributed by atoms with Gasteiger partial charge in [-0.05, 0) is 19.0 Å². The van der Waals surface area contributed by atoms with Gasteiger partial charge < -0.3 is 21.9 Å². The first-order chi connectivity index (χ1) is 7.56. The number of hydrogen-bond donors (Lipinski definition) is 0. The maximum atomic E-state index is 3.46. The van der Waals surface area contributed by atoms with Crippen LogP contribution in [0.25, 0.3) is 0 Å². The number of halogens is 1. The average molecular weight is 323 g/mol. The summed E-state index contributed by atoms with van der Waals surface area (Å²) in [6.45, 7) is 14.3. The van der Waals surface area contributed by atoms with E-state index in [1.54, 1.807) is 0 Å². The Hall–Kier alpha value is 0.426. The summed E-state index contributed by atoms with van der Waals surface area (Å²) in [5, 5.41) is 0. The average Bonchev–Trinajstić information content (AvgIpc) is 2.25. The predicted molar refractivity (Wildman–Crippen MR) is 76.5 cm³/mol. The van der Waals surface area contributed by atoms with Gasteiger partial charge >= 0.3 is 23.1 Å². The van der Waals surface area contributed by atoms with Gasteiger partial charge in [-0.1, -0.05) is 34.6 Å². The van der Waals surface area contributed by atoms with Gasteiger partial charge in [0.2, 0.25) is 0 Å². The molecule has 0 spiro atoms. The fraction of sp³-hybridized carbons (Fsp3) is 0.600. The molecule has 0 aromatic heterocycles. The third kappa shape index (κ3) is 6.55. The minimum Gasteiger partial charge on any atom is -1.00 e. The molecule has 0 bridgehead atoms. The zero-order chi connectivity index (χ0) is 12.1. The van der Waals surface area contributed by atoms with Crippen LogP contribution in [0.15, 0.2) is 12.1 Å². The van der Waals surface area contributed by atoms with Crippen molar-refractivity contribution in [3.8, 4) is 0 Å². The second kappa shape index (κ2) is 10.2. The Balaban J connectivity index is 0. The molecule has 0 fully saturated rings. The first-order valence-electron chi connectivity index (χ1n) is 6.31. The smallest absolute Gasteiger partial charge is 1.00 e. The van der Waals surface area contributed by atoms with E-state index in [9.17, 15) is 0 Å². The summed E-state index contributed by atoms with van der Waals surface area (Å²) in [5.41, 5.74) is 4.01. The normalized spacial score (nSPS) is 10.2. The Kier molecular flexibility index (Phi) is 11.8. The third-order valence-corrected chi connectivity index (χ3v) is 3.04. The van der Waals surface area contributed by atoms with E-state index in [2.05, 4.69) is 57.7 Å². The van der Waals surface area contributed by atoms with Gasteiger partial charge in [0.05, 0.1) is 0 Å². The number of hydrogen-bond acceptors (Lipinski definition) is 1. The maximum Gasteiger partial charge on any atom is 2.00 e. The van der Waals surface area contributed by atoms with E-state index in [1.165, 1.54) is 16.7 Å². The Morgan fingerprint density at radius 1 is 1.17 bits per heavy atom. The number of aryl methyl sites for hydroxylation is 1. The Bertz CT molecular complexity index is 335. The molecule has 0 radical (unpaired) electrons. The van der Waals surface area contributed by atoms with Crippen molar-refractivity contribution < 1.29 is 17.0 Å². The van der Waals surface area contributed by atoms with Crippen LogP contribution in [-0.4, -0.2) is 41.0 Å². The Labute approximate surface area is 139 Å². The standard InChI is InChI=1S/C15H24N.BrH.Mg/c1-6-16(7-2)11-14-8-13(5)9-15(10-14)12(3)4;;/h9-10,12H,6-7,11H2,1-5H3;1H;/q-1;;+2/p-1. The van der Waals surface area contributed by atoms with Crippen LogP contribution in [0.5, 0.6) is 0 Å². The van der Waals surface area contributed by atoms with Crippen molar-refractivity contribution in [3.05, 3.63) is 34.9 Å². The van der Waals surface area contributed by atoms with E-state index >= 15 is 0 Å². The molecule has 0 saturated heterocycles. The van der Waals surface area contributed by atoms with E-state index in [0.717, 1.165) is 19.6 Å². The molecule has 0 heterocycles. The van der Waals surface area contributed by atoms with E-state index in [0.29, 0.717) is 5.92 Å². The molecule has 0 aliphatic heterocycles. The number of nitrogens with zero attached hydrogens (tertiary/aromatic N) is 1. The molecule has 0 aliphatic rings. The van der Waals surface area contributed by atoms with Crippen LogP contribution in [-0.2, 0) is 6.54 Å². The predicted octanol–water partition coefficient (Wildman–Crippen LogP) is 0.384. The maximum absolute atomic E-state index is 3.46. The largest absolute Gasteiger partial charge is 2.00 e. The number of benzene rings is 1. The first-order valence-corrected chi connectivity index (χ1v) is 6.31. The van der Waals surface area contributed by atoms with Gasteiger partial charge in [-0.25, -0.2) is 0 Å². The fourth-order valence-corrected chi connectivity index (χ4v) is 1.92. The summed E-state index contributed by atoms with van der Waals surface area (Å²) < 4.78 is 0. The van der Waals surface area contributed by atoms with Crippen LogP contribution in [0.3, 0.4) is 0 Å². The Morgan fingerprint density at radius 2 is 1.72 bits per heavy atom. The molecule has 18 heavy (non-hydrogen) atoms. The van der Waals surface area contributed by atoms with Crippen molar-refractivity contribution in [3.63, 3.8) is 0 Å². The minimum atomic E-state index is 0. The quantitative estimate of drug-likeness (QED) is 0.560. The van der Waals surface area contributed by atoms with E-state index in [1.807, 2.05) is 0 Å². The van der Waals surface area contributed by atoms with Crippen molar-refractivity contribution in [1.29, 1.82) is 0 Å². The first kappa shape index (κ1) is 20.7. The summed E-state index contributed by atoms with van der Waals surface area (Å²) in [5.74, 6) is 0.601. The monoisotopic (exact) mass is 321 g/mol. The second-order valence-corrected chi connectivity index (χ2v) is 4.74. The summed E-state index contributed by atoms with van der Waals surface area (Å²) >= 11 is 0. The fourth-order valence-electron chi connectivity index (χ4n) is 1.92. The summed E-state index contributed by atoms with van der Waals surface area (Å²) in [6.07, 6.45) is 0. The van der Waals surface area contributed by atoms with Crippen LogP contribution >= 0.6 is 0 Å². The van der Waals surface area contributed by atoms with Gasteiger partial charge in [-0.3, -0.25) is 0 Å². The molecule has 0 unspecified atom stereocenters. The van der Waals surface area contributed by atoms with Gasteiger partial charge in [0.25, 0.3) is 0 Å². The molecule has 98 valence electrons. The topological polar surface area (TPSA) is 3.24 Å². The van der Waals surface area contributed by atoms with Gasteiger partial charge in [0.1, 0.15) is 0 Å². The summed E-state index contributed by atoms with van der Waals surface area (Å²) in [7, 11) is 0. The molecular weight excluding hydrogens is 298 g/mol. The molecule has 3 heteroatoms. The van der Waals surface area contributed by atoms with Crippen LogP contribution < -0.4 is 17.0 Å². The molecule has 0 saturated carbocycles. The molecule has 0 amide bonds. The van der Waals surface area contributed by atoms with Crippen LogP contribution in [0, 0.1) is 13.0 Å². The Morgan fingerprint density at radius 3 is 2.17 bits per heavy atom. The van der Waals surface area contributed by atoms with Gasteiger partial charge in [0.15, 0.2) is 0 Å². The second-order valence-electron chi connectivity index (χ2n) is 4.74. The molecule has 0 aliphatic carbocycles. The van der Waals surface area contributed by atoms with E-state index in [4.69, 9.17) is 0 Å². The summed E-state index contributed by atoms with van der Waals surface area (Å²) in [6, 6.07) is 8.01. The van der Waals surface area contributed by atoms with Crippen molar-refractivity contribution in [2.75, 3.05) is 13.1 Å². The molecule has 1 nitrogen and oxygen atoms in total. The molecule has 0 N–H and O–H groups in total. The minimum absolute atomic E-state index is 0. The van der Waals surface area contributed by atoms with E-state index < -0.39 is 0 Å². The zero-order valence-corrected chi connectivity index (χ0v) is 15.4. The van der Waals surface area contributed by atoms with Crippen molar-refractivity contribution in [1.82, 2.24) is 4.90 Å². The molecular formula is C15H24BrMgN.